The van der Waals surface area contributed by atoms with E-state index in [1.54, 1.807) is 39.2 Å². The van der Waals surface area contributed by atoms with Gasteiger partial charge in [-0.1, -0.05) is 0 Å². The van der Waals surface area contributed by atoms with Crippen LogP contribution in [0.5, 0.6) is 5.75 Å². The Morgan fingerprint density at radius 3 is 2.32 bits per heavy atom. The number of phenolic OH excluding ortho intramolecular Hbond substituents is 1. The van der Waals surface area contributed by atoms with E-state index in [0.717, 1.165) is 0 Å². The number of benzene rings is 1. The smallest absolute Gasteiger partial charge is 0.235 e. The molecule has 0 saturated heterocycles. The summed E-state index contributed by atoms with van der Waals surface area (Å²) < 4.78 is 10.3. The summed E-state index contributed by atoms with van der Waals surface area (Å²) in [4.78, 5) is 70.1. The number of aromatic hydroxyl groups is 1. The summed E-state index contributed by atoms with van der Waals surface area (Å²) in [6.45, 7) is 0.442. The van der Waals surface area contributed by atoms with Crippen molar-refractivity contribution in [2.75, 3.05) is 53.9 Å². The number of Topliss-reactive ketones (excluding diaryl/α,β-unsaturated/α-hetero) is 4. The number of likely N-dealkylation sites (N-methyl/N-ethyl adjacent to an activating group) is 1. The first-order valence-corrected chi connectivity index (χ1v) is 13.4. The average molecular weight is 575 g/mol. The molecule has 4 rings (SSSR count). The van der Waals surface area contributed by atoms with Gasteiger partial charge in [-0.05, 0) is 44.5 Å². The molecular weight excluding hydrogens is 536 g/mol. The van der Waals surface area contributed by atoms with Gasteiger partial charge in [0.25, 0.3) is 0 Å². The molecule has 1 aromatic rings. The van der Waals surface area contributed by atoms with E-state index in [-0.39, 0.29) is 30.7 Å². The number of hydrogen-bond acceptors (Lipinski definition) is 12. The molecule has 0 heterocycles. The number of carbonyl (C=O) groups excluding carboxylic acids is 5. The van der Waals surface area contributed by atoms with Gasteiger partial charge in [0, 0.05) is 58.6 Å². The number of hydrogen-bond donors (Lipinski definition) is 4. The van der Waals surface area contributed by atoms with Crippen LogP contribution in [0.2, 0.25) is 0 Å². The fourth-order valence-electron chi connectivity index (χ4n) is 6.83. The van der Waals surface area contributed by atoms with Crippen molar-refractivity contribution in [3.05, 3.63) is 22.8 Å². The Kier molecular flexibility index (Phi) is 8.40. The number of aliphatic hydroxyl groups is 1. The predicted octanol–water partition coefficient (Wildman–Crippen LogP) is -1.36. The van der Waals surface area contributed by atoms with Crippen LogP contribution in [0.15, 0.2) is 6.07 Å². The van der Waals surface area contributed by atoms with Gasteiger partial charge in [0.05, 0.1) is 17.5 Å². The Morgan fingerprint density at radius 2 is 1.78 bits per heavy atom. The minimum Gasteiger partial charge on any atom is -0.507 e. The topological polar surface area (TPSA) is 189 Å². The minimum absolute atomic E-state index is 0.00371. The van der Waals surface area contributed by atoms with Crippen molar-refractivity contribution in [3.8, 4) is 5.75 Å². The molecule has 2 unspecified atom stereocenters. The predicted molar refractivity (Wildman–Crippen MR) is 145 cm³/mol. The highest BCUT2D eigenvalue weighted by Crippen LogP contribution is 2.52. The molecule has 0 aliphatic heterocycles. The lowest BCUT2D eigenvalue weighted by molar-refractivity contribution is -0.181. The number of ether oxygens (including phenoxy) is 2. The molecule has 3 aliphatic carbocycles. The molecule has 0 spiro atoms. The van der Waals surface area contributed by atoms with Crippen LogP contribution in [0, 0.1) is 23.7 Å². The van der Waals surface area contributed by atoms with Gasteiger partial charge in [-0.15, -0.1) is 0 Å². The van der Waals surface area contributed by atoms with Crippen LogP contribution < -0.4 is 16.0 Å². The standard InChI is InChI=1S/C28H38N4O9/c1-31(2)16-9-13(10-30-11-17(40-5)41-6)22(33)19-14(16)7-12-8-15-21(32(3)4)24(35)20(27(29)38)26(37)28(15,39)25(36)18(12)23(19)34/h9,12,15,17-18,20-21,30,33,39H,7-8,10-11H2,1-6H3,(H2,29,38)/t12-,15-,18?,20?,21-,28-/m0/s1. The molecule has 0 aromatic heterocycles. The summed E-state index contributed by atoms with van der Waals surface area (Å²) in [7, 11) is 9.67. The molecule has 1 aromatic carbocycles. The molecule has 2 saturated carbocycles. The van der Waals surface area contributed by atoms with E-state index in [0.29, 0.717) is 23.4 Å². The quantitative estimate of drug-likeness (QED) is 0.201. The van der Waals surface area contributed by atoms with Crippen molar-refractivity contribution in [2.24, 2.45) is 29.4 Å². The number of rotatable bonds is 9. The van der Waals surface area contributed by atoms with Gasteiger partial charge in [-0.2, -0.15) is 0 Å². The first kappa shape index (κ1) is 30.7. The zero-order valence-electron chi connectivity index (χ0n) is 24.1. The summed E-state index contributed by atoms with van der Waals surface area (Å²) in [5.41, 5.74) is 4.16. The fourth-order valence-corrected chi connectivity index (χ4v) is 6.83. The monoisotopic (exact) mass is 574 g/mol. The number of fused-ring (bicyclic) bond motifs is 3. The lowest BCUT2D eigenvalue weighted by Gasteiger charge is -2.52. The molecule has 3 aliphatic rings. The highest BCUT2D eigenvalue weighted by Gasteiger charge is 2.69. The van der Waals surface area contributed by atoms with Gasteiger partial charge in [-0.25, -0.2) is 0 Å². The lowest BCUT2D eigenvalue weighted by Crippen LogP contribution is -2.74. The number of ketones is 4. The van der Waals surface area contributed by atoms with Crippen LogP contribution >= 0.6 is 0 Å². The molecule has 6 atom stereocenters. The molecule has 224 valence electrons. The Hall–Kier alpha value is -3.23. The Labute approximate surface area is 237 Å². The molecular formula is C28H38N4O9. The maximum atomic E-state index is 14.1. The van der Waals surface area contributed by atoms with Gasteiger partial charge in [0.15, 0.2) is 40.9 Å². The van der Waals surface area contributed by atoms with Gasteiger partial charge < -0.3 is 35.6 Å². The molecule has 41 heavy (non-hydrogen) atoms. The SMILES string of the molecule is COC(CNCc1cc(N(C)C)c2c(c1O)C(=O)C1C(=O)[C@]3(O)C(=O)C(C(N)=O)C(=O)[C@@H](N(C)C)[C@@H]3C[C@@H]1C2)OC. The van der Waals surface area contributed by atoms with Crippen molar-refractivity contribution in [1.29, 1.82) is 0 Å². The Morgan fingerprint density at radius 1 is 1.15 bits per heavy atom. The molecule has 0 bridgehead atoms. The summed E-state index contributed by atoms with van der Waals surface area (Å²) in [6.07, 6.45) is -0.346. The van der Waals surface area contributed by atoms with E-state index in [1.165, 1.54) is 19.1 Å². The van der Waals surface area contributed by atoms with Crippen LogP contribution in [0.25, 0.3) is 0 Å². The zero-order valence-corrected chi connectivity index (χ0v) is 24.1. The van der Waals surface area contributed by atoms with E-state index < -0.39 is 70.6 Å². The third-order valence-electron chi connectivity index (χ3n) is 8.75. The molecule has 2 fully saturated rings. The number of primary amides is 1. The van der Waals surface area contributed by atoms with Crippen LogP contribution in [0.1, 0.15) is 27.9 Å². The molecule has 13 nitrogen and oxygen atoms in total. The van der Waals surface area contributed by atoms with Gasteiger partial charge in [0.2, 0.25) is 5.91 Å². The van der Waals surface area contributed by atoms with E-state index in [4.69, 9.17) is 15.2 Å². The number of anilines is 1. The Balaban J connectivity index is 1.80. The van der Waals surface area contributed by atoms with Gasteiger partial charge >= 0.3 is 0 Å². The fraction of sp³-hybridized carbons (Fsp3) is 0.607. The molecule has 5 N–H and O–H groups in total. The third-order valence-corrected chi connectivity index (χ3v) is 8.75. The first-order chi connectivity index (χ1) is 19.2. The first-order valence-electron chi connectivity index (χ1n) is 13.4. The van der Waals surface area contributed by atoms with Crippen LogP contribution in [-0.4, -0.2) is 111 Å². The van der Waals surface area contributed by atoms with E-state index in [1.807, 2.05) is 0 Å². The normalized spacial score (nSPS) is 29.4. The van der Waals surface area contributed by atoms with Crippen molar-refractivity contribution < 1.29 is 43.7 Å². The highest BCUT2D eigenvalue weighted by atomic mass is 16.7. The van der Waals surface area contributed by atoms with Gasteiger partial charge in [-0.3, -0.25) is 28.9 Å². The number of amides is 1. The summed E-state index contributed by atoms with van der Waals surface area (Å²) >= 11 is 0. The van der Waals surface area contributed by atoms with Crippen molar-refractivity contribution in [2.45, 2.75) is 37.3 Å². The van der Waals surface area contributed by atoms with Crippen LogP contribution in [-0.2, 0) is 41.6 Å². The number of nitrogens with one attached hydrogen (secondary N) is 1. The largest absolute Gasteiger partial charge is 0.507 e. The summed E-state index contributed by atoms with van der Waals surface area (Å²) in [5.74, 6) is -10.7. The second-order valence-electron chi connectivity index (χ2n) is 11.5. The second kappa shape index (κ2) is 11.2. The number of phenols is 1. The Bertz CT molecular complexity index is 1290. The summed E-state index contributed by atoms with van der Waals surface area (Å²) in [6, 6.07) is 0.618. The maximum Gasteiger partial charge on any atom is 0.235 e. The third kappa shape index (κ3) is 4.75. The van der Waals surface area contributed by atoms with Crippen molar-refractivity contribution in [3.63, 3.8) is 0 Å². The zero-order chi connectivity index (χ0) is 30.5. The van der Waals surface area contributed by atoms with Gasteiger partial charge in [0.1, 0.15) is 5.75 Å². The molecule has 1 amide bonds. The van der Waals surface area contributed by atoms with E-state index in [9.17, 15) is 34.2 Å². The number of nitrogens with two attached hydrogens (primary N) is 1. The second-order valence-corrected chi connectivity index (χ2v) is 11.5. The van der Waals surface area contributed by atoms with E-state index in [2.05, 4.69) is 5.32 Å². The van der Waals surface area contributed by atoms with Crippen LogP contribution in [0.4, 0.5) is 5.69 Å². The number of carbonyl (C=O) groups is 5. The molecule has 0 radical (unpaired) electrons. The maximum absolute atomic E-state index is 14.1. The molecule has 13 heteroatoms. The number of nitrogens with zero attached hydrogens (tertiary/aromatic N) is 2. The van der Waals surface area contributed by atoms with Crippen molar-refractivity contribution >= 4 is 34.7 Å². The van der Waals surface area contributed by atoms with Crippen molar-refractivity contribution in [1.82, 2.24) is 10.2 Å². The van der Waals surface area contributed by atoms with Crippen LogP contribution in [0.3, 0.4) is 0 Å². The highest BCUT2D eigenvalue weighted by molar-refractivity contribution is 6.32. The average Bonchev–Trinajstić information content (AvgIpc) is 2.89. The minimum atomic E-state index is -2.76. The lowest BCUT2D eigenvalue weighted by atomic mass is 9.52. The summed E-state index contributed by atoms with van der Waals surface area (Å²) in [5, 5.41) is 26.1. The number of methoxy groups -OCH3 is 2. The van der Waals surface area contributed by atoms with E-state index >= 15 is 0 Å².